The molecular weight excluding hydrogens is 354 g/mol. The number of hydrogen-bond donors (Lipinski definition) is 1. The smallest absolute Gasteiger partial charge is 0.266 e. The maximum absolute atomic E-state index is 12.6. The molecule has 1 N–H and O–H groups in total. The van der Waals surface area contributed by atoms with E-state index in [0.717, 1.165) is 49.3 Å². The van der Waals surface area contributed by atoms with Gasteiger partial charge in [0.25, 0.3) is 5.91 Å². The molecule has 3 rings (SSSR count). The third-order valence-corrected chi connectivity index (χ3v) is 5.64. The largest absolute Gasteiger partial charge is 0.382 e. The van der Waals surface area contributed by atoms with Gasteiger partial charge in [0.15, 0.2) is 0 Å². The second-order valence-electron chi connectivity index (χ2n) is 8.26. The van der Waals surface area contributed by atoms with Crippen LogP contribution in [0.15, 0.2) is 29.4 Å². The summed E-state index contributed by atoms with van der Waals surface area (Å²) in [6, 6.07) is 7.84. The van der Waals surface area contributed by atoms with Crippen LogP contribution < -0.4 is 5.32 Å². The summed E-state index contributed by atoms with van der Waals surface area (Å²) in [6.45, 7) is 7.61. The van der Waals surface area contributed by atoms with E-state index in [-0.39, 0.29) is 11.8 Å². The second-order valence-corrected chi connectivity index (χ2v) is 8.26. The van der Waals surface area contributed by atoms with Crippen molar-refractivity contribution in [3.63, 3.8) is 0 Å². The van der Waals surface area contributed by atoms with Crippen molar-refractivity contribution < 1.29 is 14.4 Å². The highest BCUT2D eigenvalue weighted by molar-refractivity contribution is 5.94. The van der Waals surface area contributed by atoms with Gasteiger partial charge in [-0.2, -0.15) is 0 Å². The molecule has 0 unspecified atom stereocenters. The zero-order chi connectivity index (χ0) is 20.1. The van der Waals surface area contributed by atoms with E-state index in [2.05, 4.69) is 24.3 Å². The minimum Gasteiger partial charge on any atom is -0.382 e. The number of benzene rings is 1. The number of nitrogens with one attached hydrogen (secondary N) is 1. The average Bonchev–Trinajstić information content (AvgIpc) is 3.17. The molecule has 0 saturated carbocycles. The molecule has 0 radical (unpaired) electrons. The Morgan fingerprint density at radius 3 is 2.68 bits per heavy atom. The summed E-state index contributed by atoms with van der Waals surface area (Å²) in [7, 11) is 0. The lowest BCUT2D eigenvalue weighted by Gasteiger charge is -2.33. The van der Waals surface area contributed by atoms with Crippen molar-refractivity contribution in [3.05, 3.63) is 29.8 Å². The molecule has 1 atom stereocenters. The van der Waals surface area contributed by atoms with Gasteiger partial charge in [-0.25, -0.2) is 0 Å². The molecule has 2 aliphatic rings. The lowest BCUT2D eigenvalue weighted by molar-refractivity contribution is -0.143. The van der Waals surface area contributed by atoms with E-state index < -0.39 is 6.10 Å². The van der Waals surface area contributed by atoms with Crippen LogP contribution in [0.4, 0.5) is 5.69 Å². The number of carbonyl (C=O) groups excluding carboxylic acids is 2. The molecule has 6 heteroatoms. The molecule has 152 valence electrons. The van der Waals surface area contributed by atoms with Gasteiger partial charge in [0.05, 0.1) is 5.71 Å². The first-order chi connectivity index (χ1) is 13.4. The zero-order valence-electron chi connectivity index (χ0n) is 17.1. The molecule has 0 spiro atoms. The van der Waals surface area contributed by atoms with Crippen molar-refractivity contribution in [1.82, 2.24) is 4.90 Å². The highest BCUT2D eigenvalue weighted by Crippen LogP contribution is 2.25. The Balaban J connectivity index is 1.37. The fraction of sp³-hybridized carbons (Fsp3) is 0.591. The highest BCUT2D eigenvalue weighted by Gasteiger charge is 2.34. The first-order valence-electron chi connectivity index (χ1n) is 10.3. The van der Waals surface area contributed by atoms with E-state index >= 15 is 0 Å². The molecule has 0 bridgehead atoms. The van der Waals surface area contributed by atoms with Crippen LogP contribution in [0.25, 0.3) is 0 Å². The monoisotopic (exact) mass is 385 g/mol. The van der Waals surface area contributed by atoms with Crippen LogP contribution in [-0.2, 0) is 14.4 Å². The summed E-state index contributed by atoms with van der Waals surface area (Å²) in [5, 5.41) is 7.03. The van der Waals surface area contributed by atoms with E-state index in [9.17, 15) is 9.59 Å². The Labute approximate surface area is 167 Å². The van der Waals surface area contributed by atoms with Gasteiger partial charge in [-0.3, -0.25) is 9.59 Å². The Kier molecular flexibility index (Phi) is 6.70. The number of anilines is 1. The third kappa shape index (κ3) is 5.33. The van der Waals surface area contributed by atoms with Gasteiger partial charge >= 0.3 is 0 Å². The van der Waals surface area contributed by atoms with Crippen LogP contribution in [0.2, 0.25) is 0 Å². The third-order valence-electron chi connectivity index (χ3n) is 5.64. The fourth-order valence-corrected chi connectivity index (χ4v) is 3.80. The Hall–Kier alpha value is -2.37. The van der Waals surface area contributed by atoms with Crippen molar-refractivity contribution in [3.8, 4) is 0 Å². The summed E-state index contributed by atoms with van der Waals surface area (Å²) in [6.07, 6.45) is 3.41. The van der Waals surface area contributed by atoms with E-state index in [1.807, 2.05) is 36.1 Å². The molecule has 1 saturated heterocycles. The molecule has 1 aromatic carbocycles. The normalized spacial score (nSPS) is 20.1. The lowest BCUT2D eigenvalue weighted by atomic mass is 9.91. The maximum atomic E-state index is 12.6. The Morgan fingerprint density at radius 1 is 1.29 bits per heavy atom. The highest BCUT2D eigenvalue weighted by atomic mass is 16.6. The number of amides is 2. The summed E-state index contributed by atoms with van der Waals surface area (Å²) in [5.41, 5.74) is 2.95. The van der Waals surface area contributed by atoms with Crippen molar-refractivity contribution >= 4 is 23.2 Å². The fourth-order valence-electron chi connectivity index (χ4n) is 3.80. The molecule has 28 heavy (non-hydrogen) atoms. The van der Waals surface area contributed by atoms with Gasteiger partial charge in [-0.05, 0) is 55.7 Å². The van der Waals surface area contributed by atoms with Gasteiger partial charge in [0.1, 0.15) is 0 Å². The summed E-state index contributed by atoms with van der Waals surface area (Å²) >= 11 is 0. The molecule has 0 aliphatic carbocycles. The number of aryl methyl sites for hydroxylation is 1. The average molecular weight is 386 g/mol. The molecule has 2 aliphatic heterocycles. The number of rotatable bonds is 6. The van der Waals surface area contributed by atoms with Crippen molar-refractivity contribution in [2.75, 3.05) is 18.4 Å². The number of oxime groups is 1. The standard InChI is InChI=1S/C22H31N3O3/c1-15(2)19-14-20(28-24-19)22(27)25-11-9-17(10-12-25)7-8-21(26)23-18-6-4-5-16(3)13-18/h4-6,13,15,17,20H,7-12,14H2,1-3H3,(H,23,26)/t20-/m0/s1. The molecular formula is C22H31N3O3. The first kappa shape index (κ1) is 20.4. The van der Waals surface area contributed by atoms with Crippen LogP contribution >= 0.6 is 0 Å². The number of carbonyl (C=O) groups is 2. The Morgan fingerprint density at radius 2 is 2.04 bits per heavy atom. The predicted molar refractivity (Wildman–Crippen MR) is 110 cm³/mol. The molecule has 2 amide bonds. The van der Waals surface area contributed by atoms with Gasteiger partial charge in [0, 0.05) is 31.6 Å². The van der Waals surface area contributed by atoms with Crippen LogP contribution in [0.3, 0.4) is 0 Å². The van der Waals surface area contributed by atoms with E-state index in [1.54, 1.807) is 0 Å². The molecule has 2 heterocycles. The van der Waals surface area contributed by atoms with Gasteiger partial charge in [-0.1, -0.05) is 31.1 Å². The molecule has 1 aromatic rings. The minimum absolute atomic E-state index is 0.0510. The molecule has 0 aromatic heterocycles. The first-order valence-corrected chi connectivity index (χ1v) is 10.3. The minimum atomic E-state index is -0.450. The quantitative estimate of drug-likeness (QED) is 0.811. The van der Waals surface area contributed by atoms with Gasteiger partial charge in [0.2, 0.25) is 12.0 Å². The van der Waals surface area contributed by atoms with Crippen molar-refractivity contribution in [1.29, 1.82) is 0 Å². The molecule has 6 nitrogen and oxygen atoms in total. The lowest BCUT2D eigenvalue weighted by Crippen LogP contribution is -2.44. The van der Waals surface area contributed by atoms with Crippen molar-refractivity contribution in [2.45, 2.75) is 59.0 Å². The maximum Gasteiger partial charge on any atom is 0.266 e. The summed E-state index contributed by atoms with van der Waals surface area (Å²) < 4.78 is 0. The summed E-state index contributed by atoms with van der Waals surface area (Å²) in [4.78, 5) is 32.1. The predicted octanol–water partition coefficient (Wildman–Crippen LogP) is 3.75. The van der Waals surface area contributed by atoms with Crippen molar-refractivity contribution in [2.24, 2.45) is 17.0 Å². The SMILES string of the molecule is Cc1cccc(NC(=O)CCC2CCN(C(=O)[C@@H]3CC(C(C)C)=NO3)CC2)c1. The number of nitrogens with zero attached hydrogens (tertiary/aromatic N) is 2. The number of likely N-dealkylation sites (tertiary alicyclic amines) is 1. The van der Waals surface area contributed by atoms with Crippen LogP contribution in [0.1, 0.15) is 51.5 Å². The Bertz CT molecular complexity index is 736. The van der Waals surface area contributed by atoms with Gasteiger partial charge in [-0.15, -0.1) is 0 Å². The topological polar surface area (TPSA) is 71.0 Å². The second kappa shape index (κ2) is 9.22. The van der Waals surface area contributed by atoms with Crippen LogP contribution in [0.5, 0.6) is 0 Å². The summed E-state index contributed by atoms with van der Waals surface area (Å²) in [5.74, 6) is 0.908. The zero-order valence-corrected chi connectivity index (χ0v) is 17.1. The van der Waals surface area contributed by atoms with E-state index in [4.69, 9.17) is 4.84 Å². The van der Waals surface area contributed by atoms with E-state index in [0.29, 0.717) is 24.7 Å². The number of piperidine rings is 1. The number of hydrogen-bond acceptors (Lipinski definition) is 4. The van der Waals surface area contributed by atoms with E-state index in [1.165, 1.54) is 0 Å². The van der Waals surface area contributed by atoms with Gasteiger partial charge < -0.3 is 15.1 Å². The van der Waals surface area contributed by atoms with Crippen LogP contribution in [0, 0.1) is 18.8 Å². The molecule has 1 fully saturated rings. The van der Waals surface area contributed by atoms with Crippen LogP contribution in [-0.4, -0.2) is 41.6 Å².